The van der Waals surface area contributed by atoms with E-state index in [1.807, 2.05) is 27.7 Å². The summed E-state index contributed by atoms with van der Waals surface area (Å²) in [6.45, 7) is 9.43. The van der Waals surface area contributed by atoms with Gasteiger partial charge in [-0.3, -0.25) is 4.79 Å². The Morgan fingerprint density at radius 2 is 1.47 bits per heavy atom. The van der Waals surface area contributed by atoms with Crippen molar-refractivity contribution in [2.75, 3.05) is 0 Å². The second-order valence-corrected chi connectivity index (χ2v) is 5.12. The molecule has 92 valence electrons. The van der Waals surface area contributed by atoms with Crippen molar-refractivity contribution >= 4 is 11.8 Å². The Hall–Kier alpha value is -1.38. The van der Waals surface area contributed by atoms with Crippen LogP contribution in [0.5, 0.6) is 0 Å². The predicted molar refractivity (Wildman–Crippen MR) is 64.3 cm³/mol. The quantitative estimate of drug-likeness (QED) is 0.604. The molecule has 0 fully saturated rings. The van der Waals surface area contributed by atoms with Gasteiger partial charge in [-0.25, -0.2) is 4.79 Å². The molecular formula is C14H18O3. The van der Waals surface area contributed by atoms with E-state index in [1.165, 1.54) is 0 Å². The third-order valence-corrected chi connectivity index (χ3v) is 4.27. The molecule has 2 rings (SSSR count). The first-order valence-electron chi connectivity index (χ1n) is 5.96. The van der Waals surface area contributed by atoms with E-state index in [2.05, 4.69) is 0 Å². The number of carbonyl (C=O) groups is 2. The third kappa shape index (κ3) is 1.56. The van der Waals surface area contributed by atoms with Gasteiger partial charge < -0.3 is 4.74 Å². The maximum Gasteiger partial charge on any atom is 0.334 e. The Balaban J connectivity index is 2.60. The first-order valence-corrected chi connectivity index (χ1v) is 5.96. The zero-order valence-corrected chi connectivity index (χ0v) is 11.0. The number of Topliss-reactive ketones (excluding diaryl/α,β-unsaturated/α-hetero) is 1. The number of rotatable bonds is 0. The van der Waals surface area contributed by atoms with Crippen LogP contribution in [-0.4, -0.2) is 17.9 Å². The highest BCUT2D eigenvalue weighted by atomic mass is 16.5. The van der Waals surface area contributed by atoms with Crippen LogP contribution in [0.1, 0.15) is 34.6 Å². The second kappa shape index (κ2) is 3.83. The monoisotopic (exact) mass is 234 g/mol. The molecule has 3 atom stereocenters. The molecule has 17 heavy (non-hydrogen) atoms. The van der Waals surface area contributed by atoms with Crippen LogP contribution in [0.25, 0.3) is 0 Å². The molecule has 1 heterocycles. The molecule has 3 heteroatoms. The molecule has 0 spiro atoms. The summed E-state index contributed by atoms with van der Waals surface area (Å²) in [4.78, 5) is 23.7. The molecule has 0 amide bonds. The van der Waals surface area contributed by atoms with Gasteiger partial charge >= 0.3 is 5.97 Å². The summed E-state index contributed by atoms with van der Waals surface area (Å²) in [6, 6.07) is 0. The van der Waals surface area contributed by atoms with Crippen LogP contribution in [-0.2, 0) is 14.3 Å². The van der Waals surface area contributed by atoms with Crippen molar-refractivity contribution in [3.8, 4) is 0 Å². The highest BCUT2D eigenvalue weighted by Gasteiger charge is 2.44. The lowest BCUT2D eigenvalue weighted by Gasteiger charge is -2.40. The van der Waals surface area contributed by atoms with E-state index in [0.717, 1.165) is 16.7 Å². The third-order valence-electron chi connectivity index (χ3n) is 4.27. The van der Waals surface area contributed by atoms with Gasteiger partial charge in [-0.1, -0.05) is 18.1 Å². The average Bonchev–Trinajstić information content (AvgIpc) is 2.30. The van der Waals surface area contributed by atoms with E-state index in [9.17, 15) is 9.59 Å². The molecule has 0 saturated heterocycles. The Labute approximate surface area is 102 Å². The van der Waals surface area contributed by atoms with Crippen LogP contribution in [0.3, 0.4) is 0 Å². The molecule has 0 bridgehead atoms. The fourth-order valence-corrected chi connectivity index (χ4v) is 2.80. The van der Waals surface area contributed by atoms with Gasteiger partial charge in [-0.2, -0.15) is 0 Å². The minimum Gasteiger partial charge on any atom is -0.457 e. The normalized spacial score (nSPS) is 33.8. The highest BCUT2D eigenvalue weighted by Crippen LogP contribution is 2.41. The fraction of sp³-hybridized carbons (Fsp3) is 0.571. The van der Waals surface area contributed by atoms with E-state index in [0.29, 0.717) is 5.57 Å². The lowest BCUT2D eigenvalue weighted by molar-refractivity contribution is -0.153. The number of ether oxygens (including phenoxy) is 1. The summed E-state index contributed by atoms with van der Waals surface area (Å²) in [5, 5.41) is 0. The maximum absolute atomic E-state index is 12.0. The first kappa shape index (κ1) is 12.1. The minimum absolute atomic E-state index is 0.0837. The highest BCUT2D eigenvalue weighted by molar-refractivity contribution is 6.00. The number of carbonyl (C=O) groups excluding carboxylic acids is 2. The lowest BCUT2D eigenvalue weighted by Crippen LogP contribution is -2.45. The zero-order chi connectivity index (χ0) is 12.9. The van der Waals surface area contributed by atoms with Gasteiger partial charge in [0, 0.05) is 11.5 Å². The molecule has 1 aliphatic heterocycles. The molecule has 0 N–H and O–H groups in total. The Bertz CT molecular complexity index is 468. The van der Waals surface area contributed by atoms with E-state index in [4.69, 9.17) is 4.74 Å². The number of hydrogen-bond donors (Lipinski definition) is 0. The molecule has 0 aromatic heterocycles. The Kier molecular flexibility index (Phi) is 2.72. The molecule has 3 nitrogen and oxygen atoms in total. The maximum atomic E-state index is 12.0. The first-order chi connectivity index (χ1) is 7.86. The molecule has 0 aromatic carbocycles. The number of ketones is 1. The van der Waals surface area contributed by atoms with Crippen LogP contribution >= 0.6 is 0 Å². The van der Waals surface area contributed by atoms with Gasteiger partial charge in [0.25, 0.3) is 0 Å². The molecule has 0 radical (unpaired) electrons. The van der Waals surface area contributed by atoms with E-state index in [-0.39, 0.29) is 29.7 Å². The van der Waals surface area contributed by atoms with Crippen molar-refractivity contribution < 1.29 is 14.3 Å². The van der Waals surface area contributed by atoms with Crippen LogP contribution < -0.4 is 0 Å². The number of allylic oxidation sites excluding steroid dienone is 1. The largest absolute Gasteiger partial charge is 0.457 e. The van der Waals surface area contributed by atoms with Gasteiger partial charge in [0.2, 0.25) is 0 Å². The SMILES string of the molecule is CC1=C(C)C2C(C)=C(C)C(=O)C(C)C2OC1=O. The van der Waals surface area contributed by atoms with E-state index >= 15 is 0 Å². The van der Waals surface area contributed by atoms with Crippen molar-refractivity contribution in [2.24, 2.45) is 11.8 Å². The summed E-state index contributed by atoms with van der Waals surface area (Å²) >= 11 is 0. The lowest BCUT2D eigenvalue weighted by atomic mass is 9.70. The van der Waals surface area contributed by atoms with Crippen molar-refractivity contribution in [1.29, 1.82) is 0 Å². The summed E-state index contributed by atoms with van der Waals surface area (Å²) in [5.41, 5.74) is 3.59. The summed E-state index contributed by atoms with van der Waals surface area (Å²) in [7, 11) is 0. The second-order valence-electron chi connectivity index (χ2n) is 5.12. The molecule has 1 aliphatic carbocycles. The van der Waals surface area contributed by atoms with Crippen molar-refractivity contribution in [3.63, 3.8) is 0 Å². The predicted octanol–water partition coefficient (Wildman–Crippen LogP) is 2.42. The average molecular weight is 234 g/mol. The Morgan fingerprint density at radius 1 is 0.941 bits per heavy atom. The number of hydrogen-bond acceptors (Lipinski definition) is 3. The topological polar surface area (TPSA) is 43.4 Å². The summed E-state index contributed by atoms with van der Waals surface area (Å²) in [5.74, 6) is -0.337. The molecule has 0 aromatic rings. The van der Waals surface area contributed by atoms with Crippen LogP contribution in [0.15, 0.2) is 22.3 Å². The summed E-state index contributed by atoms with van der Waals surface area (Å²) in [6.07, 6.45) is -0.317. The van der Waals surface area contributed by atoms with E-state index in [1.54, 1.807) is 6.92 Å². The molecule has 2 aliphatic rings. The Morgan fingerprint density at radius 3 is 2.06 bits per heavy atom. The standard InChI is InChI=1S/C14H18O3/c1-6-8(3)12(15)10(5)13-11(6)7(2)9(4)14(16)17-13/h10-11,13H,1-5H3. The minimum atomic E-state index is -0.317. The van der Waals surface area contributed by atoms with Gasteiger partial charge in [-0.15, -0.1) is 0 Å². The van der Waals surface area contributed by atoms with Gasteiger partial charge in [0.15, 0.2) is 5.78 Å². The van der Waals surface area contributed by atoms with Crippen LogP contribution in [0.4, 0.5) is 0 Å². The smallest absolute Gasteiger partial charge is 0.334 e. The zero-order valence-electron chi connectivity index (χ0n) is 11.0. The van der Waals surface area contributed by atoms with E-state index < -0.39 is 0 Å². The van der Waals surface area contributed by atoms with Crippen LogP contribution in [0, 0.1) is 11.8 Å². The fourth-order valence-electron chi connectivity index (χ4n) is 2.80. The number of fused-ring (bicyclic) bond motifs is 1. The number of esters is 1. The van der Waals surface area contributed by atoms with Crippen molar-refractivity contribution in [3.05, 3.63) is 22.3 Å². The molecular weight excluding hydrogens is 216 g/mol. The van der Waals surface area contributed by atoms with Crippen LogP contribution in [0.2, 0.25) is 0 Å². The van der Waals surface area contributed by atoms with Gasteiger partial charge in [-0.05, 0) is 33.3 Å². The molecule has 3 unspecified atom stereocenters. The van der Waals surface area contributed by atoms with Gasteiger partial charge in [0.05, 0.1) is 5.92 Å². The van der Waals surface area contributed by atoms with Crippen molar-refractivity contribution in [1.82, 2.24) is 0 Å². The molecule has 0 saturated carbocycles. The van der Waals surface area contributed by atoms with Gasteiger partial charge in [0.1, 0.15) is 6.10 Å². The summed E-state index contributed by atoms with van der Waals surface area (Å²) < 4.78 is 5.42. The van der Waals surface area contributed by atoms with Crippen molar-refractivity contribution in [2.45, 2.75) is 40.7 Å².